The molecule has 6 heteroatoms. The summed E-state index contributed by atoms with van der Waals surface area (Å²) in [6.07, 6.45) is 3.26. The molecule has 2 atom stereocenters. The predicted octanol–water partition coefficient (Wildman–Crippen LogP) is 3.61. The SMILES string of the molecule is CCOc1ccc(CC(=O)N(C)CCCC2CC(c3ccc(F)cc3)NN2)cc1. The van der Waals surface area contributed by atoms with Crippen LogP contribution >= 0.6 is 0 Å². The topological polar surface area (TPSA) is 53.6 Å². The first-order chi connectivity index (χ1) is 14.0. The Hall–Kier alpha value is -2.44. The second kappa shape index (κ2) is 10.4. The lowest BCUT2D eigenvalue weighted by Gasteiger charge is -2.18. The summed E-state index contributed by atoms with van der Waals surface area (Å²) in [7, 11) is 1.86. The Morgan fingerprint density at radius 2 is 1.86 bits per heavy atom. The van der Waals surface area contributed by atoms with Crippen LogP contribution in [-0.4, -0.2) is 37.0 Å². The first-order valence-corrected chi connectivity index (χ1v) is 10.3. The van der Waals surface area contributed by atoms with Crippen molar-refractivity contribution in [2.45, 2.75) is 44.7 Å². The molecule has 0 aromatic heterocycles. The van der Waals surface area contributed by atoms with Gasteiger partial charge in [-0.1, -0.05) is 24.3 Å². The zero-order chi connectivity index (χ0) is 20.6. The number of amides is 1. The highest BCUT2D eigenvalue weighted by atomic mass is 19.1. The molecule has 0 saturated carbocycles. The number of carbonyl (C=O) groups excluding carboxylic acids is 1. The second-order valence-corrected chi connectivity index (χ2v) is 7.54. The monoisotopic (exact) mass is 399 g/mol. The maximum Gasteiger partial charge on any atom is 0.226 e. The summed E-state index contributed by atoms with van der Waals surface area (Å²) in [5.74, 6) is 0.735. The molecule has 0 spiro atoms. The van der Waals surface area contributed by atoms with Crippen molar-refractivity contribution in [2.24, 2.45) is 0 Å². The normalized spacial score (nSPS) is 18.6. The van der Waals surface area contributed by atoms with Gasteiger partial charge in [0.15, 0.2) is 0 Å². The molecule has 0 aliphatic carbocycles. The molecule has 1 saturated heterocycles. The largest absolute Gasteiger partial charge is 0.494 e. The third-order valence-electron chi connectivity index (χ3n) is 5.32. The van der Waals surface area contributed by atoms with E-state index in [-0.39, 0.29) is 17.8 Å². The second-order valence-electron chi connectivity index (χ2n) is 7.54. The Morgan fingerprint density at radius 1 is 1.14 bits per heavy atom. The van der Waals surface area contributed by atoms with Crippen LogP contribution in [0.25, 0.3) is 0 Å². The van der Waals surface area contributed by atoms with Gasteiger partial charge in [-0.25, -0.2) is 4.39 Å². The maximum atomic E-state index is 13.1. The molecular formula is C23H30FN3O2. The summed E-state index contributed by atoms with van der Waals surface area (Å²) in [6, 6.07) is 14.9. The minimum atomic E-state index is -0.214. The summed E-state index contributed by atoms with van der Waals surface area (Å²) < 4.78 is 18.5. The molecule has 5 nitrogen and oxygen atoms in total. The van der Waals surface area contributed by atoms with Crippen LogP contribution in [0.15, 0.2) is 48.5 Å². The highest BCUT2D eigenvalue weighted by molar-refractivity contribution is 5.78. The Labute approximate surface area is 172 Å². The molecule has 1 aliphatic heterocycles. The highest BCUT2D eigenvalue weighted by Crippen LogP contribution is 2.24. The Bertz CT molecular complexity index is 780. The van der Waals surface area contributed by atoms with E-state index in [0.717, 1.165) is 42.7 Å². The minimum Gasteiger partial charge on any atom is -0.494 e. The molecule has 0 radical (unpaired) electrons. The molecule has 2 aromatic carbocycles. The van der Waals surface area contributed by atoms with E-state index in [4.69, 9.17) is 4.74 Å². The molecule has 1 fully saturated rings. The van der Waals surface area contributed by atoms with Crippen molar-refractivity contribution in [1.29, 1.82) is 0 Å². The van der Waals surface area contributed by atoms with Crippen molar-refractivity contribution in [1.82, 2.24) is 15.8 Å². The van der Waals surface area contributed by atoms with Gasteiger partial charge in [-0.3, -0.25) is 15.6 Å². The van der Waals surface area contributed by atoms with Crippen LogP contribution < -0.4 is 15.6 Å². The van der Waals surface area contributed by atoms with Gasteiger partial charge in [0.05, 0.1) is 13.0 Å². The van der Waals surface area contributed by atoms with Gasteiger partial charge in [-0.05, 0) is 61.6 Å². The van der Waals surface area contributed by atoms with Crippen LogP contribution in [0.2, 0.25) is 0 Å². The maximum absolute atomic E-state index is 13.1. The Kier molecular flexibility index (Phi) is 7.61. The van der Waals surface area contributed by atoms with Crippen LogP contribution in [0.4, 0.5) is 4.39 Å². The highest BCUT2D eigenvalue weighted by Gasteiger charge is 2.24. The first-order valence-electron chi connectivity index (χ1n) is 10.3. The van der Waals surface area contributed by atoms with E-state index in [1.165, 1.54) is 12.1 Å². The van der Waals surface area contributed by atoms with Crippen molar-refractivity contribution in [3.05, 3.63) is 65.5 Å². The molecule has 1 amide bonds. The van der Waals surface area contributed by atoms with Crippen LogP contribution in [0.5, 0.6) is 5.75 Å². The summed E-state index contributed by atoms with van der Waals surface area (Å²) in [6.45, 7) is 3.32. The van der Waals surface area contributed by atoms with E-state index in [9.17, 15) is 9.18 Å². The van der Waals surface area contributed by atoms with E-state index < -0.39 is 0 Å². The van der Waals surface area contributed by atoms with Gasteiger partial charge in [0.1, 0.15) is 11.6 Å². The van der Waals surface area contributed by atoms with Gasteiger partial charge in [0.25, 0.3) is 0 Å². The quantitative estimate of drug-likeness (QED) is 0.676. The molecule has 0 bridgehead atoms. The van der Waals surface area contributed by atoms with Gasteiger partial charge in [-0.2, -0.15) is 0 Å². The number of carbonyl (C=O) groups is 1. The van der Waals surface area contributed by atoms with Gasteiger partial charge < -0.3 is 9.64 Å². The van der Waals surface area contributed by atoms with Crippen LogP contribution in [0, 0.1) is 5.82 Å². The molecule has 2 N–H and O–H groups in total. The van der Waals surface area contributed by atoms with E-state index in [1.54, 1.807) is 4.90 Å². The summed E-state index contributed by atoms with van der Waals surface area (Å²) in [4.78, 5) is 14.3. The molecule has 29 heavy (non-hydrogen) atoms. The molecule has 3 rings (SSSR count). The van der Waals surface area contributed by atoms with Crippen molar-refractivity contribution < 1.29 is 13.9 Å². The fourth-order valence-electron chi connectivity index (χ4n) is 3.60. The van der Waals surface area contributed by atoms with E-state index in [2.05, 4.69) is 10.9 Å². The molecule has 1 heterocycles. The van der Waals surface area contributed by atoms with Gasteiger partial charge in [0, 0.05) is 25.7 Å². The van der Waals surface area contributed by atoms with E-state index in [1.807, 2.05) is 50.4 Å². The van der Waals surface area contributed by atoms with E-state index in [0.29, 0.717) is 19.1 Å². The van der Waals surface area contributed by atoms with Crippen molar-refractivity contribution in [2.75, 3.05) is 20.2 Å². The fraction of sp³-hybridized carbons (Fsp3) is 0.435. The standard InChI is InChI=1S/C23H30FN3O2/c1-3-29-21-12-6-17(7-13-21)15-23(28)27(2)14-4-5-20-16-22(26-25-20)18-8-10-19(24)11-9-18/h6-13,20,22,25-26H,3-5,14-16H2,1-2H3. The summed E-state index contributed by atoms with van der Waals surface area (Å²) in [5, 5.41) is 0. The third kappa shape index (κ3) is 6.27. The number of hydrogen-bond acceptors (Lipinski definition) is 4. The fourth-order valence-corrected chi connectivity index (χ4v) is 3.60. The number of hydrazine groups is 1. The van der Waals surface area contributed by atoms with Crippen molar-refractivity contribution >= 4 is 5.91 Å². The zero-order valence-electron chi connectivity index (χ0n) is 17.2. The number of benzene rings is 2. The lowest BCUT2D eigenvalue weighted by atomic mass is 9.99. The van der Waals surface area contributed by atoms with Crippen molar-refractivity contribution in [3.63, 3.8) is 0 Å². The van der Waals surface area contributed by atoms with Crippen LogP contribution in [0.3, 0.4) is 0 Å². The van der Waals surface area contributed by atoms with Crippen molar-refractivity contribution in [3.8, 4) is 5.75 Å². The van der Waals surface area contributed by atoms with Gasteiger partial charge in [0.2, 0.25) is 5.91 Å². The number of halogens is 1. The molecule has 156 valence electrons. The average Bonchev–Trinajstić information content (AvgIpc) is 3.19. The summed E-state index contributed by atoms with van der Waals surface area (Å²) >= 11 is 0. The average molecular weight is 400 g/mol. The van der Waals surface area contributed by atoms with Gasteiger partial charge >= 0.3 is 0 Å². The number of hydrogen-bond donors (Lipinski definition) is 2. The van der Waals surface area contributed by atoms with E-state index >= 15 is 0 Å². The minimum absolute atomic E-state index is 0.121. The number of nitrogens with zero attached hydrogens (tertiary/aromatic N) is 1. The molecule has 2 unspecified atom stereocenters. The number of likely N-dealkylation sites (N-methyl/N-ethyl adjacent to an activating group) is 1. The van der Waals surface area contributed by atoms with Crippen LogP contribution in [-0.2, 0) is 11.2 Å². The van der Waals surface area contributed by atoms with Gasteiger partial charge in [-0.15, -0.1) is 0 Å². The predicted molar refractivity (Wildman–Crippen MR) is 112 cm³/mol. The molecule has 1 aliphatic rings. The lowest BCUT2D eigenvalue weighted by molar-refractivity contribution is -0.129. The lowest BCUT2D eigenvalue weighted by Crippen LogP contribution is -2.33. The third-order valence-corrected chi connectivity index (χ3v) is 5.32. The number of nitrogens with one attached hydrogen (secondary N) is 2. The number of ether oxygens (including phenoxy) is 1. The zero-order valence-corrected chi connectivity index (χ0v) is 17.2. The smallest absolute Gasteiger partial charge is 0.226 e. The Balaban J connectivity index is 1.37. The molecule has 2 aromatic rings. The Morgan fingerprint density at radius 3 is 2.55 bits per heavy atom. The molecular weight excluding hydrogens is 369 g/mol. The number of rotatable bonds is 9. The summed E-state index contributed by atoms with van der Waals surface area (Å²) in [5.41, 5.74) is 8.69. The first kappa shape index (κ1) is 21.3. The van der Waals surface area contributed by atoms with Crippen LogP contribution in [0.1, 0.15) is 43.4 Å².